The average molecular weight is 396 g/mol. The van der Waals surface area contributed by atoms with Gasteiger partial charge in [0, 0.05) is 48.7 Å². The van der Waals surface area contributed by atoms with E-state index >= 15 is 0 Å². The molecule has 4 rings (SSSR count). The highest BCUT2D eigenvalue weighted by atomic mass is 16.2. The molecule has 29 heavy (non-hydrogen) atoms. The maximum Gasteiger partial charge on any atom is 0.255 e. The molecule has 2 saturated heterocycles. The smallest absolute Gasteiger partial charge is 0.255 e. The molecule has 7 nitrogen and oxygen atoms in total. The molecule has 0 bridgehead atoms. The second-order valence-corrected chi connectivity index (χ2v) is 8.62. The van der Waals surface area contributed by atoms with Crippen molar-refractivity contribution in [3.05, 3.63) is 36.0 Å². The highest BCUT2D eigenvalue weighted by Gasteiger charge is 2.47. The molecule has 1 aromatic heterocycles. The van der Waals surface area contributed by atoms with Crippen LogP contribution in [0, 0.1) is 5.92 Å². The number of carbonyl (C=O) groups is 3. The van der Waals surface area contributed by atoms with Gasteiger partial charge >= 0.3 is 0 Å². The summed E-state index contributed by atoms with van der Waals surface area (Å²) in [5.74, 6) is 0.0925. The van der Waals surface area contributed by atoms with E-state index in [2.05, 4.69) is 24.1 Å². The Kier molecular flexibility index (Phi) is 5.06. The molecular formula is C22H28N4O3. The van der Waals surface area contributed by atoms with E-state index in [1.807, 2.05) is 35.4 Å². The van der Waals surface area contributed by atoms with Crippen molar-refractivity contribution in [3.63, 3.8) is 0 Å². The van der Waals surface area contributed by atoms with Crippen molar-refractivity contribution in [1.29, 1.82) is 0 Å². The van der Waals surface area contributed by atoms with Crippen LogP contribution < -0.4 is 5.32 Å². The zero-order chi connectivity index (χ0) is 20.7. The number of amides is 3. The van der Waals surface area contributed by atoms with Crippen molar-refractivity contribution in [3.8, 4) is 0 Å². The molecule has 0 aliphatic carbocycles. The van der Waals surface area contributed by atoms with Gasteiger partial charge in [0.1, 0.15) is 6.04 Å². The lowest BCUT2D eigenvalue weighted by Gasteiger charge is -2.43. The standard InChI is InChI=1S/C22H28N4O3/c1-13(2)9-20-22(29)25-11-15(24-14(3)27)10-16(25)12-26(20)21(28)18-5-4-6-19-17(18)7-8-23-19/h4-8,13,15-16,20,23H,9-12H2,1-3H3,(H,24,27)/t15-,16-,20-/m0/s1. The Balaban J connectivity index is 1.65. The fourth-order valence-electron chi connectivity index (χ4n) is 4.76. The Labute approximate surface area is 170 Å². The van der Waals surface area contributed by atoms with Crippen molar-refractivity contribution in [1.82, 2.24) is 20.1 Å². The minimum absolute atomic E-state index is 0.00241. The number of rotatable bonds is 4. The van der Waals surface area contributed by atoms with Crippen LogP contribution in [0.4, 0.5) is 0 Å². The van der Waals surface area contributed by atoms with E-state index in [9.17, 15) is 14.4 Å². The fraction of sp³-hybridized carbons (Fsp3) is 0.500. The molecule has 2 fully saturated rings. The molecule has 2 aliphatic rings. The summed E-state index contributed by atoms with van der Waals surface area (Å²) in [4.78, 5) is 45.2. The molecule has 1 aromatic carbocycles. The third kappa shape index (κ3) is 3.61. The maximum atomic E-state index is 13.6. The van der Waals surface area contributed by atoms with Crippen LogP contribution in [0.1, 0.15) is 44.0 Å². The molecule has 0 spiro atoms. The van der Waals surface area contributed by atoms with Crippen LogP contribution in [0.5, 0.6) is 0 Å². The molecular weight excluding hydrogens is 368 g/mol. The van der Waals surface area contributed by atoms with Gasteiger partial charge in [0.15, 0.2) is 0 Å². The van der Waals surface area contributed by atoms with E-state index in [-0.39, 0.29) is 35.7 Å². The lowest BCUT2D eigenvalue weighted by molar-refractivity contribution is -0.142. The van der Waals surface area contributed by atoms with Gasteiger partial charge < -0.3 is 20.1 Å². The van der Waals surface area contributed by atoms with Gasteiger partial charge in [-0.1, -0.05) is 19.9 Å². The normalized spacial score (nSPS) is 24.3. The van der Waals surface area contributed by atoms with Crippen molar-refractivity contribution in [2.24, 2.45) is 5.92 Å². The highest BCUT2D eigenvalue weighted by molar-refractivity contribution is 6.08. The van der Waals surface area contributed by atoms with Crippen LogP contribution in [0.15, 0.2) is 30.5 Å². The summed E-state index contributed by atoms with van der Waals surface area (Å²) >= 11 is 0. The fourth-order valence-corrected chi connectivity index (χ4v) is 4.76. The van der Waals surface area contributed by atoms with Crippen LogP contribution in [0.3, 0.4) is 0 Å². The third-order valence-electron chi connectivity index (χ3n) is 5.95. The first-order valence-corrected chi connectivity index (χ1v) is 10.3. The minimum atomic E-state index is -0.468. The molecule has 3 amide bonds. The highest BCUT2D eigenvalue weighted by Crippen LogP contribution is 2.31. The van der Waals surface area contributed by atoms with Gasteiger partial charge in [-0.3, -0.25) is 14.4 Å². The summed E-state index contributed by atoms with van der Waals surface area (Å²) in [7, 11) is 0. The molecule has 2 N–H and O–H groups in total. The predicted molar refractivity (Wildman–Crippen MR) is 110 cm³/mol. The maximum absolute atomic E-state index is 13.6. The van der Waals surface area contributed by atoms with Gasteiger partial charge in [0.25, 0.3) is 5.91 Å². The monoisotopic (exact) mass is 396 g/mol. The average Bonchev–Trinajstić information content (AvgIpc) is 3.28. The van der Waals surface area contributed by atoms with Crippen LogP contribution in [-0.2, 0) is 9.59 Å². The van der Waals surface area contributed by atoms with Gasteiger partial charge in [0.05, 0.1) is 6.04 Å². The summed E-state index contributed by atoms with van der Waals surface area (Å²) in [5, 5.41) is 3.80. The number of nitrogens with zero attached hydrogens (tertiary/aromatic N) is 2. The lowest BCUT2D eigenvalue weighted by atomic mass is 9.96. The lowest BCUT2D eigenvalue weighted by Crippen LogP contribution is -2.61. The molecule has 0 radical (unpaired) electrons. The number of carbonyl (C=O) groups excluding carboxylic acids is 3. The molecule has 3 atom stereocenters. The van der Waals surface area contributed by atoms with Gasteiger partial charge in [0.2, 0.25) is 11.8 Å². The summed E-state index contributed by atoms with van der Waals surface area (Å²) in [6, 6.07) is 6.96. The number of aromatic amines is 1. The zero-order valence-electron chi connectivity index (χ0n) is 17.1. The van der Waals surface area contributed by atoms with Gasteiger partial charge in [-0.05, 0) is 37.0 Å². The van der Waals surface area contributed by atoms with Gasteiger partial charge in [-0.15, -0.1) is 0 Å². The van der Waals surface area contributed by atoms with Crippen molar-refractivity contribution in [2.45, 2.75) is 51.7 Å². The van der Waals surface area contributed by atoms with Crippen LogP contribution in [-0.4, -0.2) is 63.7 Å². The quantitative estimate of drug-likeness (QED) is 0.830. The van der Waals surface area contributed by atoms with Crippen LogP contribution in [0.25, 0.3) is 10.9 Å². The first kappa shape index (κ1) is 19.5. The third-order valence-corrected chi connectivity index (χ3v) is 5.95. The second-order valence-electron chi connectivity index (χ2n) is 8.62. The number of benzene rings is 1. The Bertz CT molecular complexity index is 950. The summed E-state index contributed by atoms with van der Waals surface area (Å²) in [6.07, 6.45) is 3.13. The molecule has 0 saturated carbocycles. The Morgan fingerprint density at radius 1 is 1.24 bits per heavy atom. The number of piperazine rings is 1. The van der Waals surface area contributed by atoms with Crippen LogP contribution >= 0.6 is 0 Å². The molecule has 0 unspecified atom stereocenters. The second kappa shape index (κ2) is 7.54. The molecule has 154 valence electrons. The largest absolute Gasteiger partial charge is 0.361 e. The zero-order valence-corrected chi connectivity index (χ0v) is 17.1. The summed E-state index contributed by atoms with van der Waals surface area (Å²) in [5.41, 5.74) is 1.53. The number of H-pyrrole nitrogens is 1. The predicted octanol–water partition coefficient (Wildman–Crippen LogP) is 2.14. The molecule has 7 heteroatoms. The molecule has 2 aliphatic heterocycles. The number of aromatic nitrogens is 1. The summed E-state index contributed by atoms with van der Waals surface area (Å²) in [6.45, 7) is 6.65. The van der Waals surface area contributed by atoms with Gasteiger partial charge in [-0.2, -0.15) is 0 Å². The number of hydrogen-bond donors (Lipinski definition) is 2. The van der Waals surface area contributed by atoms with Crippen molar-refractivity contribution in [2.75, 3.05) is 13.1 Å². The van der Waals surface area contributed by atoms with E-state index in [0.717, 1.165) is 10.9 Å². The topological polar surface area (TPSA) is 85.5 Å². The Morgan fingerprint density at radius 2 is 2.03 bits per heavy atom. The number of fused-ring (bicyclic) bond motifs is 2. The first-order chi connectivity index (χ1) is 13.8. The summed E-state index contributed by atoms with van der Waals surface area (Å²) < 4.78 is 0. The molecule has 2 aromatic rings. The minimum Gasteiger partial charge on any atom is -0.361 e. The SMILES string of the molecule is CC(=O)N[C@H]1C[C@H]2CN(C(=O)c3cccc4[nH]ccc34)[C@@H](CC(C)C)C(=O)N2C1. The van der Waals surface area contributed by atoms with E-state index < -0.39 is 6.04 Å². The van der Waals surface area contributed by atoms with Crippen molar-refractivity contribution >= 4 is 28.6 Å². The van der Waals surface area contributed by atoms with E-state index in [0.29, 0.717) is 31.5 Å². The number of nitrogens with one attached hydrogen (secondary N) is 2. The first-order valence-electron chi connectivity index (χ1n) is 10.3. The van der Waals surface area contributed by atoms with E-state index in [1.165, 1.54) is 6.92 Å². The Morgan fingerprint density at radius 3 is 2.76 bits per heavy atom. The van der Waals surface area contributed by atoms with Gasteiger partial charge in [-0.25, -0.2) is 0 Å². The Hall–Kier alpha value is -2.83. The van der Waals surface area contributed by atoms with Crippen LogP contribution in [0.2, 0.25) is 0 Å². The van der Waals surface area contributed by atoms with Crippen molar-refractivity contribution < 1.29 is 14.4 Å². The van der Waals surface area contributed by atoms with E-state index in [1.54, 1.807) is 4.90 Å². The van der Waals surface area contributed by atoms with E-state index in [4.69, 9.17) is 0 Å². The molecule has 3 heterocycles. The number of hydrogen-bond acceptors (Lipinski definition) is 3.